The second-order valence-corrected chi connectivity index (χ2v) is 7.59. The maximum atomic E-state index is 4.55. The van der Waals surface area contributed by atoms with E-state index < -0.39 is 0 Å². The Morgan fingerprint density at radius 1 is 1.28 bits per heavy atom. The molecule has 0 aliphatic carbocycles. The Hall–Kier alpha value is -0.260. The fraction of sp³-hybridized carbons (Fsp3) is 0.692. The first-order chi connectivity index (χ1) is 8.66. The highest BCUT2D eigenvalue weighted by molar-refractivity contribution is 8.06. The third-order valence-electron chi connectivity index (χ3n) is 2.88. The third kappa shape index (κ3) is 3.87. The van der Waals surface area contributed by atoms with E-state index in [0.29, 0.717) is 16.5 Å². The SMILES string of the molecule is CC(C)NCc1cnc(C2SCCSC2C)nc1. The molecule has 0 amide bonds. The van der Waals surface area contributed by atoms with Crippen LogP contribution in [0.4, 0.5) is 0 Å². The molecular weight excluding hydrogens is 262 g/mol. The molecule has 0 spiro atoms. The highest BCUT2D eigenvalue weighted by Crippen LogP contribution is 2.40. The molecule has 1 aliphatic rings. The first-order valence-electron chi connectivity index (χ1n) is 6.44. The molecule has 1 aromatic heterocycles. The van der Waals surface area contributed by atoms with Crippen molar-refractivity contribution in [3.8, 4) is 0 Å². The second kappa shape index (κ2) is 6.78. The van der Waals surface area contributed by atoms with Crippen LogP contribution in [-0.2, 0) is 6.54 Å². The first kappa shape index (κ1) is 14.2. The largest absolute Gasteiger partial charge is 0.310 e. The molecule has 1 fully saturated rings. The number of thioether (sulfide) groups is 2. The molecule has 2 rings (SSSR count). The van der Waals surface area contributed by atoms with Gasteiger partial charge in [0.2, 0.25) is 0 Å². The van der Waals surface area contributed by atoms with E-state index in [0.717, 1.165) is 17.9 Å². The van der Waals surface area contributed by atoms with Crippen molar-refractivity contribution < 1.29 is 0 Å². The molecule has 1 N–H and O–H groups in total. The van der Waals surface area contributed by atoms with Crippen LogP contribution in [-0.4, -0.2) is 32.8 Å². The molecule has 2 unspecified atom stereocenters. The summed E-state index contributed by atoms with van der Waals surface area (Å²) < 4.78 is 0. The fourth-order valence-corrected chi connectivity index (χ4v) is 4.55. The van der Waals surface area contributed by atoms with Crippen LogP contribution in [0.1, 0.15) is 37.4 Å². The van der Waals surface area contributed by atoms with Crippen LogP contribution in [0.15, 0.2) is 12.4 Å². The van der Waals surface area contributed by atoms with Gasteiger partial charge in [-0.15, -0.1) is 11.8 Å². The lowest BCUT2D eigenvalue weighted by atomic mass is 10.2. The van der Waals surface area contributed by atoms with Crippen LogP contribution < -0.4 is 5.32 Å². The van der Waals surface area contributed by atoms with Gasteiger partial charge in [0.1, 0.15) is 5.82 Å². The van der Waals surface area contributed by atoms with Gasteiger partial charge in [-0.05, 0) is 0 Å². The zero-order valence-corrected chi connectivity index (χ0v) is 12.9. The Morgan fingerprint density at radius 2 is 1.94 bits per heavy atom. The molecular formula is C13H21N3S2. The molecule has 0 bridgehead atoms. The lowest BCUT2D eigenvalue weighted by Gasteiger charge is -2.26. The van der Waals surface area contributed by atoms with Crippen molar-refractivity contribution in [3.05, 3.63) is 23.8 Å². The molecule has 5 heteroatoms. The van der Waals surface area contributed by atoms with Gasteiger partial charge in [0.25, 0.3) is 0 Å². The average Bonchev–Trinajstić information content (AvgIpc) is 2.38. The summed E-state index contributed by atoms with van der Waals surface area (Å²) in [5.74, 6) is 3.45. The Labute approximate surface area is 118 Å². The van der Waals surface area contributed by atoms with Crippen molar-refractivity contribution >= 4 is 23.5 Å². The van der Waals surface area contributed by atoms with Crippen LogP contribution >= 0.6 is 23.5 Å². The van der Waals surface area contributed by atoms with E-state index in [1.54, 1.807) is 0 Å². The average molecular weight is 283 g/mol. The predicted molar refractivity (Wildman–Crippen MR) is 81.1 cm³/mol. The van der Waals surface area contributed by atoms with Crippen LogP contribution in [0.5, 0.6) is 0 Å². The quantitative estimate of drug-likeness (QED) is 0.920. The maximum Gasteiger partial charge on any atom is 0.142 e. The fourth-order valence-electron chi connectivity index (χ4n) is 1.84. The summed E-state index contributed by atoms with van der Waals surface area (Å²) in [4.78, 5) is 9.09. The molecule has 2 atom stereocenters. The Balaban J connectivity index is 1.98. The zero-order valence-electron chi connectivity index (χ0n) is 11.2. The van der Waals surface area contributed by atoms with Crippen molar-refractivity contribution in [2.75, 3.05) is 11.5 Å². The van der Waals surface area contributed by atoms with E-state index in [1.807, 2.05) is 35.9 Å². The lowest BCUT2D eigenvalue weighted by molar-refractivity contribution is 0.586. The lowest BCUT2D eigenvalue weighted by Crippen LogP contribution is -2.22. The maximum absolute atomic E-state index is 4.55. The van der Waals surface area contributed by atoms with Crippen molar-refractivity contribution in [1.82, 2.24) is 15.3 Å². The standard InChI is InChI=1S/C13H21N3S2/c1-9(2)14-6-11-7-15-13(16-8-11)12-10(3)17-4-5-18-12/h7-10,12,14H,4-6H2,1-3H3. The van der Waals surface area contributed by atoms with Crippen molar-refractivity contribution in [2.24, 2.45) is 0 Å². The van der Waals surface area contributed by atoms with Crippen molar-refractivity contribution in [3.63, 3.8) is 0 Å². The molecule has 2 heterocycles. The van der Waals surface area contributed by atoms with Crippen LogP contribution in [0, 0.1) is 0 Å². The minimum Gasteiger partial charge on any atom is -0.310 e. The van der Waals surface area contributed by atoms with Gasteiger partial charge < -0.3 is 5.32 Å². The monoisotopic (exact) mass is 283 g/mol. The van der Waals surface area contributed by atoms with Crippen molar-refractivity contribution in [2.45, 2.75) is 43.9 Å². The van der Waals surface area contributed by atoms with Gasteiger partial charge >= 0.3 is 0 Å². The summed E-state index contributed by atoms with van der Waals surface area (Å²) in [6.45, 7) is 7.42. The Bertz CT molecular complexity index is 367. The Morgan fingerprint density at radius 3 is 2.56 bits per heavy atom. The number of aromatic nitrogens is 2. The summed E-state index contributed by atoms with van der Waals surface area (Å²) in [7, 11) is 0. The minimum absolute atomic E-state index is 0.454. The normalized spacial score (nSPS) is 24.4. The molecule has 3 nitrogen and oxygen atoms in total. The first-order valence-corrected chi connectivity index (χ1v) is 8.54. The van der Waals surface area contributed by atoms with Gasteiger partial charge in [-0.25, -0.2) is 9.97 Å². The van der Waals surface area contributed by atoms with E-state index in [1.165, 1.54) is 11.5 Å². The highest BCUT2D eigenvalue weighted by atomic mass is 32.2. The van der Waals surface area contributed by atoms with E-state index in [4.69, 9.17) is 0 Å². The smallest absolute Gasteiger partial charge is 0.142 e. The topological polar surface area (TPSA) is 37.8 Å². The molecule has 1 saturated heterocycles. The highest BCUT2D eigenvalue weighted by Gasteiger charge is 2.26. The molecule has 0 aromatic carbocycles. The number of nitrogens with one attached hydrogen (secondary N) is 1. The minimum atomic E-state index is 0.454. The zero-order chi connectivity index (χ0) is 13.0. The summed E-state index contributed by atoms with van der Waals surface area (Å²) in [5, 5.41) is 4.45. The predicted octanol–water partition coefficient (Wildman–Crippen LogP) is 2.88. The summed E-state index contributed by atoms with van der Waals surface area (Å²) in [5.41, 5.74) is 1.16. The molecule has 0 radical (unpaired) electrons. The van der Waals surface area contributed by atoms with Gasteiger partial charge in [-0.2, -0.15) is 11.8 Å². The summed E-state index contributed by atoms with van der Waals surface area (Å²) in [6, 6.07) is 0.495. The van der Waals surface area contributed by atoms with Gasteiger partial charge in [0, 0.05) is 47.3 Å². The van der Waals surface area contributed by atoms with Crippen LogP contribution in [0.3, 0.4) is 0 Å². The van der Waals surface area contributed by atoms with Crippen LogP contribution in [0.25, 0.3) is 0 Å². The van der Waals surface area contributed by atoms with Gasteiger partial charge in [-0.3, -0.25) is 0 Å². The van der Waals surface area contributed by atoms with Gasteiger partial charge in [0.05, 0.1) is 5.25 Å². The van der Waals surface area contributed by atoms with Gasteiger partial charge in [0.15, 0.2) is 0 Å². The van der Waals surface area contributed by atoms with E-state index in [9.17, 15) is 0 Å². The summed E-state index contributed by atoms with van der Waals surface area (Å²) in [6.07, 6.45) is 3.93. The van der Waals surface area contributed by atoms with Crippen molar-refractivity contribution in [1.29, 1.82) is 0 Å². The molecule has 18 heavy (non-hydrogen) atoms. The number of hydrogen-bond donors (Lipinski definition) is 1. The van der Waals surface area contributed by atoms with E-state index in [-0.39, 0.29) is 0 Å². The van der Waals surface area contributed by atoms with Gasteiger partial charge in [-0.1, -0.05) is 20.8 Å². The third-order valence-corrected chi connectivity index (χ3v) is 5.97. The molecule has 1 aliphatic heterocycles. The summed E-state index contributed by atoms with van der Waals surface area (Å²) >= 11 is 4.01. The van der Waals surface area contributed by atoms with E-state index in [2.05, 4.69) is 36.1 Å². The molecule has 100 valence electrons. The van der Waals surface area contributed by atoms with E-state index >= 15 is 0 Å². The number of hydrogen-bond acceptors (Lipinski definition) is 5. The molecule has 1 aromatic rings. The number of nitrogens with zero attached hydrogens (tertiary/aromatic N) is 2. The molecule has 0 saturated carbocycles. The Kier molecular flexibility index (Phi) is 5.33. The second-order valence-electron chi connectivity index (χ2n) is 4.85. The van der Waals surface area contributed by atoms with Crippen LogP contribution in [0.2, 0.25) is 0 Å². The number of rotatable bonds is 4.